The Balaban J connectivity index is 2.09. The highest BCUT2D eigenvalue weighted by Gasteiger charge is 2.27. The molecule has 0 radical (unpaired) electrons. The van der Waals surface area contributed by atoms with Crippen LogP contribution in [0.5, 0.6) is 0 Å². The van der Waals surface area contributed by atoms with Crippen LogP contribution in [0.3, 0.4) is 0 Å². The topological polar surface area (TPSA) is 15.3 Å². The number of hydrogen-bond acceptors (Lipinski definition) is 2. The van der Waals surface area contributed by atoms with Crippen LogP contribution < -0.4 is 5.32 Å². The van der Waals surface area contributed by atoms with E-state index in [9.17, 15) is 0 Å². The van der Waals surface area contributed by atoms with Crippen molar-refractivity contribution in [1.29, 1.82) is 0 Å². The molecule has 20 heavy (non-hydrogen) atoms. The molecule has 1 atom stereocenters. The van der Waals surface area contributed by atoms with Crippen molar-refractivity contribution in [2.24, 2.45) is 5.92 Å². The van der Waals surface area contributed by atoms with Gasteiger partial charge in [-0.1, -0.05) is 23.8 Å². The van der Waals surface area contributed by atoms with E-state index >= 15 is 0 Å². The van der Waals surface area contributed by atoms with Crippen molar-refractivity contribution in [3.63, 3.8) is 0 Å². The molecule has 0 spiro atoms. The number of nitrogens with one attached hydrogen (secondary N) is 1. The first-order valence-electron chi connectivity index (χ1n) is 7.99. The maximum atomic E-state index is 3.52. The van der Waals surface area contributed by atoms with E-state index < -0.39 is 0 Å². The summed E-state index contributed by atoms with van der Waals surface area (Å²) < 4.78 is 0. The SMILES string of the molecule is CNC(CN(CC1CC1)C(C)C)c1ccc(C)cc1C. The van der Waals surface area contributed by atoms with E-state index in [1.54, 1.807) is 0 Å². The van der Waals surface area contributed by atoms with Crippen LogP contribution >= 0.6 is 0 Å². The standard InChI is InChI=1S/C18H30N2/c1-13(2)20(11-16-7-8-16)12-18(19-5)17-9-6-14(3)10-15(17)4/h6,9-10,13,16,18-19H,7-8,11-12H2,1-5H3. The smallest absolute Gasteiger partial charge is 0.0449 e. The summed E-state index contributed by atoms with van der Waals surface area (Å²) in [5, 5.41) is 3.52. The molecule has 1 aliphatic carbocycles. The Bertz CT molecular complexity index is 435. The molecule has 0 saturated heterocycles. The Morgan fingerprint density at radius 3 is 2.45 bits per heavy atom. The Kier molecular flexibility index (Phi) is 5.22. The highest BCUT2D eigenvalue weighted by Crippen LogP contribution is 2.31. The fourth-order valence-corrected chi connectivity index (χ4v) is 2.92. The molecule has 0 aliphatic heterocycles. The number of aryl methyl sites for hydroxylation is 2. The van der Waals surface area contributed by atoms with E-state index in [4.69, 9.17) is 0 Å². The summed E-state index contributed by atoms with van der Waals surface area (Å²) in [7, 11) is 2.08. The van der Waals surface area contributed by atoms with E-state index in [1.807, 2.05) is 0 Å². The molecule has 1 fully saturated rings. The second kappa shape index (κ2) is 6.73. The first-order valence-corrected chi connectivity index (χ1v) is 7.99. The Labute approximate surface area is 124 Å². The Hall–Kier alpha value is -0.860. The minimum atomic E-state index is 0.428. The molecular weight excluding hydrogens is 244 g/mol. The Morgan fingerprint density at radius 2 is 1.95 bits per heavy atom. The van der Waals surface area contributed by atoms with Gasteiger partial charge in [0.05, 0.1) is 0 Å². The molecule has 1 aromatic carbocycles. The van der Waals surface area contributed by atoms with Gasteiger partial charge in [-0.05, 0) is 64.6 Å². The zero-order valence-corrected chi connectivity index (χ0v) is 13.7. The quantitative estimate of drug-likeness (QED) is 0.816. The van der Waals surface area contributed by atoms with Crippen LogP contribution in [0.15, 0.2) is 18.2 Å². The van der Waals surface area contributed by atoms with Crippen LogP contribution in [0.1, 0.15) is 49.4 Å². The molecule has 1 aromatic rings. The van der Waals surface area contributed by atoms with Crippen LogP contribution in [0.4, 0.5) is 0 Å². The van der Waals surface area contributed by atoms with Crippen molar-refractivity contribution in [2.75, 3.05) is 20.1 Å². The van der Waals surface area contributed by atoms with Crippen molar-refractivity contribution in [2.45, 2.75) is 52.6 Å². The average molecular weight is 274 g/mol. The fraction of sp³-hybridized carbons (Fsp3) is 0.667. The molecule has 2 rings (SSSR count). The lowest BCUT2D eigenvalue weighted by atomic mass is 9.98. The zero-order chi connectivity index (χ0) is 14.7. The van der Waals surface area contributed by atoms with Crippen LogP contribution in [0.25, 0.3) is 0 Å². The molecule has 1 saturated carbocycles. The third kappa shape index (κ3) is 4.07. The number of rotatable bonds is 7. The van der Waals surface area contributed by atoms with Crippen LogP contribution in [0.2, 0.25) is 0 Å². The maximum absolute atomic E-state index is 3.52. The molecule has 2 heteroatoms. The van der Waals surface area contributed by atoms with E-state index in [1.165, 1.54) is 36.1 Å². The van der Waals surface area contributed by atoms with Gasteiger partial charge in [-0.25, -0.2) is 0 Å². The fourth-order valence-electron chi connectivity index (χ4n) is 2.92. The van der Waals surface area contributed by atoms with Gasteiger partial charge < -0.3 is 5.32 Å². The van der Waals surface area contributed by atoms with Gasteiger partial charge in [0.25, 0.3) is 0 Å². The molecule has 0 aromatic heterocycles. The van der Waals surface area contributed by atoms with Gasteiger partial charge in [0.2, 0.25) is 0 Å². The summed E-state index contributed by atoms with van der Waals surface area (Å²) >= 11 is 0. The summed E-state index contributed by atoms with van der Waals surface area (Å²) in [5.41, 5.74) is 4.19. The molecule has 0 heterocycles. The van der Waals surface area contributed by atoms with Gasteiger partial charge >= 0.3 is 0 Å². The molecular formula is C18H30N2. The number of nitrogens with zero attached hydrogens (tertiary/aromatic N) is 1. The van der Waals surface area contributed by atoms with Crippen LogP contribution in [-0.4, -0.2) is 31.1 Å². The van der Waals surface area contributed by atoms with Crippen molar-refractivity contribution in [1.82, 2.24) is 10.2 Å². The predicted octanol–water partition coefficient (Wildman–Crippen LogP) is 3.68. The van der Waals surface area contributed by atoms with E-state index in [0.29, 0.717) is 12.1 Å². The highest BCUT2D eigenvalue weighted by molar-refractivity contribution is 5.33. The largest absolute Gasteiger partial charge is 0.312 e. The lowest BCUT2D eigenvalue weighted by molar-refractivity contribution is 0.192. The summed E-state index contributed by atoms with van der Waals surface area (Å²) in [6.45, 7) is 11.4. The third-order valence-electron chi connectivity index (χ3n) is 4.49. The Morgan fingerprint density at radius 1 is 1.25 bits per heavy atom. The van der Waals surface area contributed by atoms with E-state index in [2.05, 4.69) is 63.2 Å². The van der Waals surface area contributed by atoms with Gasteiger partial charge in [0.15, 0.2) is 0 Å². The zero-order valence-electron chi connectivity index (χ0n) is 13.7. The van der Waals surface area contributed by atoms with Gasteiger partial charge in [-0.2, -0.15) is 0 Å². The van der Waals surface area contributed by atoms with Crippen molar-refractivity contribution >= 4 is 0 Å². The van der Waals surface area contributed by atoms with Gasteiger partial charge in [-0.3, -0.25) is 4.90 Å². The lowest BCUT2D eigenvalue weighted by Gasteiger charge is -2.31. The summed E-state index contributed by atoms with van der Waals surface area (Å²) in [4.78, 5) is 2.64. The van der Waals surface area contributed by atoms with Crippen LogP contribution in [-0.2, 0) is 0 Å². The molecule has 0 bridgehead atoms. The van der Waals surface area contributed by atoms with Crippen molar-refractivity contribution in [3.05, 3.63) is 34.9 Å². The molecule has 2 nitrogen and oxygen atoms in total. The number of hydrogen-bond donors (Lipinski definition) is 1. The number of likely N-dealkylation sites (N-methyl/N-ethyl adjacent to an activating group) is 1. The molecule has 1 N–H and O–H groups in total. The number of benzene rings is 1. The van der Waals surface area contributed by atoms with E-state index in [0.717, 1.165) is 12.5 Å². The van der Waals surface area contributed by atoms with Gasteiger partial charge in [-0.15, -0.1) is 0 Å². The van der Waals surface area contributed by atoms with Gasteiger partial charge in [0.1, 0.15) is 0 Å². The second-order valence-electron chi connectivity index (χ2n) is 6.69. The average Bonchev–Trinajstić information content (AvgIpc) is 3.19. The minimum absolute atomic E-state index is 0.428. The third-order valence-corrected chi connectivity index (χ3v) is 4.49. The molecule has 112 valence electrons. The monoisotopic (exact) mass is 274 g/mol. The molecule has 0 amide bonds. The molecule has 1 unspecified atom stereocenters. The lowest BCUT2D eigenvalue weighted by Crippen LogP contribution is -2.39. The second-order valence-corrected chi connectivity index (χ2v) is 6.69. The summed E-state index contributed by atoms with van der Waals surface area (Å²) in [5.74, 6) is 0.953. The maximum Gasteiger partial charge on any atom is 0.0449 e. The van der Waals surface area contributed by atoms with E-state index in [-0.39, 0.29) is 0 Å². The van der Waals surface area contributed by atoms with Crippen LogP contribution in [0, 0.1) is 19.8 Å². The highest BCUT2D eigenvalue weighted by atomic mass is 15.2. The van der Waals surface area contributed by atoms with Gasteiger partial charge in [0, 0.05) is 25.2 Å². The van der Waals surface area contributed by atoms with Crippen molar-refractivity contribution in [3.8, 4) is 0 Å². The summed E-state index contributed by atoms with van der Waals surface area (Å²) in [6.07, 6.45) is 2.86. The molecule has 1 aliphatic rings. The first-order chi connectivity index (χ1) is 9.51. The van der Waals surface area contributed by atoms with Crippen molar-refractivity contribution < 1.29 is 0 Å². The summed E-state index contributed by atoms with van der Waals surface area (Å²) in [6, 6.07) is 7.86. The normalized spacial score (nSPS) is 16.9. The minimum Gasteiger partial charge on any atom is -0.312 e. The predicted molar refractivity (Wildman–Crippen MR) is 87.1 cm³/mol. The first kappa shape index (κ1) is 15.5.